The van der Waals surface area contributed by atoms with Gasteiger partial charge in [0.15, 0.2) is 10.7 Å². The largest absolute Gasteiger partial charge is 0.462 e. The number of esters is 1. The Morgan fingerprint density at radius 1 is 1.32 bits per heavy atom. The van der Waals surface area contributed by atoms with Gasteiger partial charge in [0.1, 0.15) is 10.4 Å². The number of aromatic nitrogens is 2. The van der Waals surface area contributed by atoms with Crippen molar-refractivity contribution >= 4 is 45.5 Å². The number of ether oxygens (including phenoxy) is 1. The average molecular weight is 357 g/mol. The number of aryl methyl sites for hydroxylation is 1. The van der Waals surface area contributed by atoms with Crippen molar-refractivity contribution in [2.24, 2.45) is 0 Å². The Balaban J connectivity index is 1.68. The van der Waals surface area contributed by atoms with Crippen molar-refractivity contribution in [2.45, 2.75) is 13.8 Å². The summed E-state index contributed by atoms with van der Waals surface area (Å²) in [6.45, 7) is 3.70. The summed E-state index contributed by atoms with van der Waals surface area (Å²) in [4.78, 5) is 32.5. The zero-order valence-electron chi connectivity index (χ0n) is 13.6. The number of thiazole rings is 1. The van der Waals surface area contributed by atoms with Crippen molar-refractivity contribution in [1.29, 1.82) is 0 Å². The molecule has 0 fully saturated rings. The minimum absolute atomic E-state index is 0.283. The second-order valence-corrected chi connectivity index (χ2v) is 6.00. The van der Waals surface area contributed by atoms with Crippen LogP contribution in [0.2, 0.25) is 0 Å². The molecule has 1 amide bonds. The monoisotopic (exact) mass is 357 g/mol. The predicted octanol–water partition coefficient (Wildman–Crippen LogP) is 3.42. The Bertz CT molecular complexity index is 925. The molecule has 2 heterocycles. The zero-order chi connectivity index (χ0) is 17.8. The molecule has 0 bridgehead atoms. The Hall–Kier alpha value is -3.00. The molecule has 7 nitrogen and oxygen atoms in total. The molecule has 25 heavy (non-hydrogen) atoms. The third kappa shape index (κ3) is 3.92. The maximum absolute atomic E-state index is 12.0. The molecular formula is C17H15N3O4S. The van der Waals surface area contributed by atoms with E-state index in [1.165, 1.54) is 12.2 Å². The van der Waals surface area contributed by atoms with Crippen molar-refractivity contribution in [3.05, 3.63) is 46.8 Å². The lowest BCUT2D eigenvalue weighted by molar-refractivity contribution is -0.111. The lowest BCUT2D eigenvalue weighted by atomic mass is 10.3. The van der Waals surface area contributed by atoms with Crippen LogP contribution in [-0.4, -0.2) is 28.5 Å². The summed E-state index contributed by atoms with van der Waals surface area (Å²) < 4.78 is 10.4. The Morgan fingerprint density at radius 2 is 2.12 bits per heavy atom. The van der Waals surface area contributed by atoms with Gasteiger partial charge in [-0.3, -0.25) is 10.1 Å². The van der Waals surface area contributed by atoms with Gasteiger partial charge < -0.3 is 9.15 Å². The van der Waals surface area contributed by atoms with E-state index in [0.717, 1.165) is 16.9 Å². The number of nitrogens with zero attached hydrogens (tertiary/aromatic N) is 2. The molecule has 0 atom stereocenters. The molecule has 3 rings (SSSR count). The molecular weight excluding hydrogens is 342 g/mol. The van der Waals surface area contributed by atoms with Gasteiger partial charge in [-0.2, -0.15) is 0 Å². The van der Waals surface area contributed by atoms with Crippen LogP contribution in [0.1, 0.15) is 28.2 Å². The molecule has 2 aromatic heterocycles. The summed E-state index contributed by atoms with van der Waals surface area (Å²) in [5, 5.41) is 2.94. The van der Waals surface area contributed by atoms with E-state index in [2.05, 4.69) is 15.3 Å². The van der Waals surface area contributed by atoms with Gasteiger partial charge in [-0.1, -0.05) is 23.5 Å². The molecule has 1 aromatic carbocycles. The van der Waals surface area contributed by atoms with Gasteiger partial charge in [-0.25, -0.2) is 14.8 Å². The van der Waals surface area contributed by atoms with E-state index < -0.39 is 11.9 Å². The molecule has 0 saturated carbocycles. The molecule has 8 heteroatoms. The molecule has 1 N–H and O–H groups in total. The lowest BCUT2D eigenvalue weighted by Crippen LogP contribution is -2.07. The van der Waals surface area contributed by atoms with Crippen LogP contribution in [-0.2, 0) is 9.53 Å². The summed E-state index contributed by atoms with van der Waals surface area (Å²) in [6, 6.07) is 7.33. The van der Waals surface area contributed by atoms with Crippen LogP contribution in [0.5, 0.6) is 0 Å². The first-order valence-electron chi connectivity index (χ1n) is 7.56. The third-order valence-electron chi connectivity index (χ3n) is 3.18. The minimum atomic E-state index is -0.444. The number of anilines is 1. The summed E-state index contributed by atoms with van der Waals surface area (Å²) >= 11 is 1.07. The van der Waals surface area contributed by atoms with Crippen molar-refractivity contribution in [3.8, 4) is 0 Å². The molecule has 0 aliphatic heterocycles. The van der Waals surface area contributed by atoms with Crippen LogP contribution in [0.4, 0.5) is 5.13 Å². The second kappa shape index (κ2) is 7.27. The maximum atomic E-state index is 12.0. The van der Waals surface area contributed by atoms with Crippen molar-refractivity contribution in [2.75, 3.05) is 11.9 Å². The number of hydrogen-bond acceptors (Lipinski definition) is 7. The van der Waals surface area contributed by atoms with Gasteiger partial charge in [0, 0.05) is 12.2 Å². The van der Waals surface area contributed by atoms with E-state index >= 15 is 0 Å². The van der Waals surface area contributed by atoms with Crippen LogP contribution in [0.3, 0.4) is 0 Å². The average Bonchev–Trinajstić information content (AvgIpc) is 3.16. The molecule has 3 aromatic rings. The Kier molecular flexibility index (Phi) is 4.90. The topological polar surface area (TPSA) is 94.3 Å². The lowest BCUT2D eigenvalue weighted by Gasteiger charge is -1.97. The summed E-state index contributed by atoms with van der Waals surface area (Å²) in [5.74, 6) is -0.509. The number of fused-ring (bicyclic) bond motifs is 1. The fourth-order valence-corrected chi connectivity index (χ4v) is 2.95. The smallest absolute Gasteiger partial charge is 0.350 e. The Labute approximate surface area is 147 Å². The number of oxazole rings is 1. The highest BCUT2D eigenvalue weighted by atomic mass is 32.1. The van der Waals surface area contributed by atoms with Crippen LogP contribution >= 0.6 is 11.3 Å². The molecule has 0 aliphatic rings. The predicted molar refractivity (Wildman–Crippen MR) is 94.5 cm³/mol. The highest BCUT2D eigenvalue weighted by Crippen LogP contribution is 2.23. The summed E-state index contributed by atoms with van der Waals surface area (Å²) in [7, 11) is 0. The van der Waals surface area contributed by atoms with E-state index in [1.54, 1.807) is 19.9 Å². The Morgan fingerprint density at radius 3 is 2.88 bits per heavy atom. The number of para-hydroxylation sites is 2. The molecule has 0 unspecified atom stereocenters. The fraction of sp³-hybridized carbons (Fsp3) is 0.176. The number of amides is 1. The number of hydrogen-bond donors (Lipinski definition) is 1. The highest BCUT2D eigenvalue weighted by molar-refractivity contribution is 7.17. The third-order valence-corrected chi connectivity index (χ3v) is 4.23. The van der Waals surface area contributed by atoms with E-state index in [4.69, 9.17) is 9.15 Å². The second-order valence-electron chi connectivity index (χ2n) is 5.00. The number of carbonyl (C=O) groups is 2. The first-order valence-corrected chi connectivity index (χ1v) is 8.37. The van der Waals surface area contributed by atoms with Crippen molar-refractivity contribution in [3.63, 3.8) is 0 Å². The van der Waals surface area contributed by atoms with Crippen molar-refractivity contribution < 1.29 is 18.7 Å². The van der Waals surface area contributed by atoms with E-state index in [9.17, 15) is 9.59 Å². The van der Waals surface area contributed by atoms with Crippen LogP contribution in [0.25, 0.3) is 17.2 Å². The normalized spacial score (nSPS) is 11.1. The van der Waals surface area contributed by atoms with Gasteiger partial charge in [0.2, 0.25) is 11.8 Å². The van der Waals surface area contributed by atoms with Crippen molar-refractivity contribution in [1.82, 2.24) is 9.97 Å². The number of nitrogens with one attached hydrogen (secondary N) is 1. The van der Waals surface area contributed by atoms with E-state index in [1.807, 2.05) is 18.2 Å². The van der Waals surface area contributed by atoms with Gasteiger partial charge in [-0.15, -0.1) is 0 Å². The highest BCUT2D eigenvalue weighted by Gasteiger charge is 2.17. The summed E-state index contributed by atoms with van der Waals surface area (Å²) in [6.07, 6.45) is 2.77. The van der Waals surface area contributed by atoms with Gasteiger partial charge in [0.25, 0.3) is 0 Å². The number of benzene rings is 1. The van der Waals surface area contributed by atoms with Gasteiger partial charge >= 0.3 is 5.97 Å². The number of carbonyl (C=O) groups excluding carboxylic acids is 2. The van der Waals surface area contributed by atoms with E-state index in [-0.39, 0.29) is 6.61 Å². The molecule has 128 valence electrons. The van der Waals surface area contributed by atoms with Crippen LogP contribution in [0, 0.1) is 6.92 Å². The summed E-state index contributed by atoms with van der Waals surface area (Å²) in [5.41, 5.74) is 1.89. The first kappa shape index (κ1) is 16.8. The van der Waals surface area contributed by atoms with Crippen LogP contribution in [0.15, 0.2) is 34.8 Å². The first-order chi connectivity index (χ1) is 12.1. The standard InChI is InChI=1S/C17H15N3O4S/c1-3-23-16(22)15-10(2)18-17(25-15)20-13(21)8-9-14-19-11-6-4-5-7-12(11)24-14/h4-9H,3H2,1-2H3,(H,18,20,21). The maximum Gasteiger partial charge on any atom is 0.350 e. The van der Waals surface area contributed by atoms with E-state index in [0.29, 0.717) is 27.2 Å². The van der Waals surface area contributed by atoms with Gasteiger partial charge in [-0.05, 0) is 26.0 Å². The minimum Gasteiger partial charge on any atom is -0.462 e. The quantitative estimate of drug-likeness (QED) is 0.555. The SMILES string of the molecule is CCOC(=O)c1sc(NC(=O)C=Cc2nc3ccccc3o2)nc1C. The molecule has 0 saturated heterocycles. The fourth-order valence-electron chi connectivity index (χ4n) is 2.09. The zero-order valence-corrected chi connectivity index (χ0v) is 14.4. The molecule has 0 radical (unpaired) electrons. The molecule has 0 aliphatic carbocycles. The van der Waals surface area contributed by atoms with Gasteiger partial charge in [0.05, 0.1) is 12.3 Å². The van der Waals surface area contributed by atoms with Crippen LogP contribution < -0.4 is 5.32 Å². The molecule has 0 spiro atoms. The number of rotatable bonds is 5.